The van der Waals surface area contributed by atoms with Gasteiger partial charge in [0.15, 0.2) is 0 Å². The Balaban J connectivity index is 1.24. The Labute approximate surface area is 206 Å². The molecule has 1 N–H and O–H groups in total. The molecular formula is C31H44O3. The molecule has 0 amide bonds. The van der Waals surface area contributed by atoms with Crippen LogP contribution in [0.25, 0.3) is 6.08 Å². The smallest absolute Gasteiger partial charge is 0.100 e. The van der Waals surface area contributed by atoms with Crippen molar-refractivity contribution in [3.8, 4) is 0 Å². The van der Waals surface area contributed by atoms with Crippen molar-refractivity contribution in [2.45, 2.75) is 95.9 Å². The van der Waals surface area contributed by atoms with Gasteiger partial charge >= 0.3 is 0 Å². The van der Waals surface area contributed by atoms with Crippen molar-refractivity contribution in [2.75, 3.05) is 13.2 Å². The topological polar surface area (TPSA) is 38.7 Å². The molecule has 3 nitrogen and oxygen atoms in total. The lowest BCUT2D eigenvalue weighted by Crippen LogP contribution is -2.62. The lowest BCUT2D eigenvalue weighted by atomic mass is 9.44. The van der Waals surface area contributed by atoms with Crippen LogP contribution in [0.3, 0.4) is 0 Å². The highest BCUT2D eigenvalue weighted by molar-refractivity contribution is 5.48. The zero-order chi connectivity index (χ0) is 23.4. The van der Waals surface area contributed by atoms with E-state index >= 15 is 0 Å². The van der Waals surface area contributed by atoms with E-state index in [1.165, 1.54) is 44.1 Å². The molecule has 1 heterocycles. The fourth-order valence-electron chi connectivity index (χ4n) is 9.83. The second-order valence-corrected chi connectivity index (χ2v) is 12.7. The first kappa shape index (κ1) is 23.3. The van der Waals surface area contributed by atoms with Crippen molar-refractivity contribution in [1.29, 1.82) is 0 Å². The Morgan fingerprint density at radius 1 is 0.941 bits per heavy atom. The van der Waals surface area contributed by atoms with Gasteiger partial charge in [-0.3, -0.25) is 0 Å². The number of aliphatic hydroxyl groups is 1. The van der Waals surface area contributed by atoms with Gasteiger partial charge in [-0.05, 0) is 98.9 Å². The predicted molar refractivity (Wildman–Crippen MR) is 136 cm³/mol. The Hall–Kier alpha value is -1.16. The fourth-order valence-corrected chi connectivity index (χ4v) is 9.83. The van der Waals surface area contributed by atoms with Gasteiger partial charge < -0.3 is 14.6 Å². The fraction of sp³-hybridized carbons (Fsp3) is 0.742. The molecule has 0 aromatic heterocycles. The molecule has 1 aromatic rings. The quantitative estimate of drug-likeness (QED) is 0.544. The van der Waals surface area contributed by atoms with E-state index in [4.69, 9.17) is 9.47 Å². The number of rotatable bonds is 3. The zero-order valence-electron chi connectivity index (χ0n) is 21.3. The molecule has 1 spiro atoms. The van der Waals surface area contributed by atoms with Crippen LogP contribution < -0.4 is 0 Å². The van der Waals surface area contributed by atoms with Crippen molar-refractivity contribution in [3.63, 3.8) is 0 Å². The third kappa shape index (κ3) is 3.48. The summed E-state index contributed by atoms with van der Waals surface area (Å²) < 4.78 is 13.4. The molecule has 1 saturated heterocycles. The van der Waals surface area contributed by atoms with Gasteiger partial charge in [-0.15, -0.1) is 0 Å². The largest absolute Gasteiger partial charge is 0.393 e. The molecule has 186 valence electrons. The maximum Gasteiger partial charge on any atom is 0.100 e. The summed E-state index contributed by atoms with van der Waals surface area (Å²) in [6.07, 6.45) is 16.6. The molecular weight excluding hydrogens is 420 g/mol. The van der Waals surface area contributed by atoms with Gasteiger partial charge in [0.2, 0.25) is 0 Å². The summed E-state index contributed by atoms with van der Waals surface area (Å²) in [6.45, 7) is 6.63. The minimum Gasteiger partial charge on any atom is -0.393 e. The molecule has 9 atom stereocenters. The molecule has 6 rings (SSSR count). The first-order valence-corrected chi connectivity index (χ1v) is 14.1. The maximum absolute atomic E-state index is 10.4. The minimum absolute atomic E-state index is 0.0595. The van der Waals surface area contributed by atoms with Crippen molar-refractivity contribution in [2.24, 2.45) is 34.5 Å². The number of hydrogen-bond acceptors (Lipinski definition) is 3. The summed E-state index contributed by atoms with van der Waals surface area (Å²) in [6, 6.07) is 10.6. The summed E-state index contributed by atoms with van der Waals surface area (Å²) >= 11 is 0. The van der Waals surface area contributed by atoms with E-state index in [1.54, 1.807) is 0 Å². The van der Waals surface area contributed by atoms with E-state index in [9.17, 15) is 5.11 Å². The monoisotopic (exact) mass is 464 g/mol. The first-order chi connectivity index (χ1) is 16.5. The van der Waals surface area contributed by atoms with Gasteiger partial charge in [-0.1, -0.05) is 56.3 Å². The molecule has 0 bridgehead atoms. The van der Waals surface area contributed by atoms with Crippen LogP contribution in [-0.2, 0) is 9.47 Å². The van der Waals surface area contributed by atoms with Crippen LogP contribution in [0.4, 0.5) is 0 Å². The van der Waals surface area contributed by atoms with E-state index in [-0.39, 0.29) is 23.2 Å². The maximum atomic E-state index is 10.4. The number of aliphatic hydroxyl groups excluding tert-OH is 1. The molecule has 0 radical (unpaired) electrons. The lowest BCUT2D eigenvalue weighted by molar-refractivity contribution is -0.259. The first-order valence-electron chi connectivity index (χ1n) is 14.1. The molecule has 34 heavy (non-hydrogen) atoms. The third-order valence-corrected chi connectivity index (χ3v) is 11.6. The van der Waals surface area contributed by atoms with Crippen LogP contribution in [0.1, 0.15) is 83.6 Å². The highest BCUT2D eigenvalue weighted by Crippen LogP contribution is 2.70. The highest BCUT2D eigenvalue weighted by atomic mass is 16.6. The van der Waals surface area contributed by atoms with Crippen LogP contribution >= 0.6 is 0 Å². The molecule has 4 saturated carbocycles. The number of ether oxygens (including phenoxy) is 2. The SMILES string of the molecule is C[C@]12CC[C@@H](O)C[C@@H]1CC[C@@H]1[C@@H]2CC[C@@]2(C)[C@H]1CC[C@@]21OCCOC1C/C=C/c1ccccc1. The summed E-state index contributed by atoms with van der Waals surface area (Å²) in [5, 5.41) is 10.4. The average molecular weight is 465 g/mol. The Bertz CT molecular complexity index is 897. The number of hydrogen-bond donors (Lipinski definition) is 1. The van der Waals surface area contributed by atoms with Crippen molar-refractivity contribution < 1.29 is 14.6 Å². The number of benzene rings is 1. The lowest BCUT2D eigenvalue weighted by Gasteiger charge is -2.63. The summed E-state index contributed by atoms with van der Waals surface area (Å²) in [5.41, 5.74) is 1.76. The van der Waals surface area contributed by atoms with E-state index in [1.807, 2.05) is 0 Å². The Kier molecular flexibility index (Phi) is 5.98. The Morgan fingerprint density at radius 3 is 2.62 bits per heavy atom. The molecule has 5 aliphatic rings. The van der Waals surface area contributed by atoms with Crippen LogP contribution in [0.5, 0.6) is 0 Å². The van der Waals surface area contributed by atoms with Crippen LogP contribution in [-0.4, -0.2) is 36.1 Å². The highest BCUT2D eigenvalue weighted by Gasteiger charge is 2.68. The predicted octanol–water partition coefficient (Wildman–Crippen LogP) is 6.65. The van der Waals surface area contributed by atoms with Gasteiger partial charge in [0.05, 0.1) is 25.4 Å². The zero-order valence-corrected chi connectivity index (χ0v) is 21.3. The minimum atomic E-state index is -0.136. The van der Waals surface area contributed by atoms with E-state index in [0.717, 1.165) is 62.6 Å². The molecule has 5 fully saturated rings. The van der Waals surface area contributed by atoms with Gasteiger partial charge in [-0.2, -0.15) is 0 Å². The van der Waals surface area contributed by atoms with Crippen molar-refractivity contribution >= 4 is 6.08 Å². The van der Waals surface area contributed by atoms with Gasteiger partial charge in [0.25, 0.3) is 0 Å². The second-order valence-electron chi connectivity index (χ2n) is 12.7. The van der Waals surface area contributed by atoms with Crippen molar-refractivity contribution in [1.82, 2.24) is 0 Å². The van der Waals surface area contributed by atoms with Crippen LogP contribution in [0.2, 0.25) is 0 Å². The van der Waals surface area contributed by atoms with Crippen molar-refractivity contribution in [3.05, 3.63) is 42.0 Å². The molecule has 1 unspecified atom stereocenters. The average Bonchev–Trinajstić information content (AvgIpc) is 3.14. The van der Waals surface area contributed by atoms with E-state index in [0.29, 0.717) is 5.41 Å². The van der Waals surface area contributed by atoms with Gasteiger partial charge in [0, 0.05) is 5.41 Å². The summed E-state index contributed by atoms with van der Waals surface area (Å²) in [5.74, 6) is 3.12. The molecule has 3 heteroatoms. The molecule has 1 aromatic carbocycles. The molecule has 1 aliphatic heterocycles. The Morgan fingerprint density at radius 2 is 1.76 bits per heavy atom. The summed E-state index contributed by atoms with van der Waals surface area (Å²) in [7, 11) is 0. The standard InChI is InChI=1S/C31H44O3/c1-29-16-13-24(32)21-23(29)11-12-25-26(29)14-17-30(2)27(25)15-18-31(30)28(33-19-20-34-31)10-6-9-22-7-4-3-5-8-22/h3-9,23-28,32H,10-21H2,1-2H3/b9-6+/t23-,24+,25+,26-,27-,28?,29-,30-,31-/m0/s1. The third-order valence-electron chi connectivity index (χ3n) is 11.6. The molecule has 4 aliphatic carbocycles. The van der Waals surface area contributed by atoms with Gasteiger partial charge in [-0.25, -0.2) is 0 Å². The van der Waals surface area contributed by atoms with Crippen LogP contribution in [0, 0.1) is 34.5 Å². The van der Waals surface area contributed by atoms with E-state index < -0.39 is 0 Å². The normalized spacial score (nSPS) is 48.4. The summed E-state index contributed by atoms with van der Waals surface area (Å²) in [4.78, 5) is 0. The van der Waals surface area contributed by atoms with E-state index in [2.05, 4.69) is 56.3 Å². The van der Waals surface area contributed by atoms with Gasteiger partial charge in [0.1, 0.15) is 5.60 Å². The number of fused-ring (bicyclic) bond motifs is 6. The van der Waals surface area contributed by atoms with Crippen LogP contribution in [0.15, 0.2) is 36.4 Å². The second kappa shape index (κ2) is 8.75.